The predicted molar refractivity (Wildman–Crippen MR) is 203 cm³/mol. The lowest BCUT2D eigenvalue weighted by Crippen LogP contribution is -2.61. The summed E-state index contributed by atoms with van der Waals surface area (Å²) < 4.78 is 12.7. The Morgan fingerprint density at radius 2 is 1.65 bits per heavy atom. The van der Waals surface area contributed by atoms with Gasteiger partial charge in [-0.25, -0.2) is 0 Å². The molecule has 0 saturated carbocycles. The van der Waals surface area contributed by atoms with Crippen molar-refractivity contribution < 1.29 is 38.3 Å². The number of piperidine rings is 1. The van der Waals surface area contributed by atoms with Crippen molar-refractivity contribution in [2.45, 2.75) is 63.2 Å². The molecule has 4 atom stereocenters. The van der Waals surface area contributed by atoms with Gasteiger partial charge in [-0.05, 0) is 58.0 Å². The number of amides is 5. The zero-order chi connectivity index (χ0) is 37.4. The summed E-state index contributed by atoms with van der Waals surface area (Å²) in [6, 6.07) is 16.7. The quantitative estimate of drug-likeness (QED) is 0.0982. The van der Waals surface area contributed by atoms with E-state index in [9.17, 15) is 38.3 Å². The molecule has 276 valence electrons. The highest BCUT2D eigenvalue weighted by Crippen LogP contribution is 2.39. The maximum Gasteiger partial charge on any atom is 0.335 e. The van der Waals surface area contributed by atoms with E-state index in [1.165, 1.54) is 23.2 Å². The van der Waals surface area contributed by atoms with Gasteiger partial charge in [-0.15, -0.1) is 23.1 Å². The van der Waals surface area contributed by atoms with Gasteiger partial charge in [0.2, 0.25) is 29.5 Å². The zero-order valence-electron chi connectivity index (χ0n) is 28.5. The van der Waals surface area contributed by atoms with Gasteiger partial charge in [-0.3, -0.25) is 28.5 Å². The molecule has 1 aliphatic heterocycles. The molecule has 1 fully saturated rings. The van der Waals surface area contributed by atoms with E-state index >= 15 is 0 Å². The summed E-state index contributed by atoms with van der Waals surface area (Å²) in [5, 5.41) is 12.9. The second-order valence-corrected chi connectivity index (χ2v) is 16.8. The van der Waals surface area contributed by atoms with Gasteiger partial charge < -0.3 is 36.4 Å². The van der Waals surface area contributed by atoms with Gasteiger partial charge in [0.05, 0.1) is 5.49 Å². The van der Waals surface area contributed by atoms with E-state index in [0.717, 1.165) is 43.7 Å². The van der Waals surface area contributed by atoms with Crippen molar-refractivity contribution in [2.24, 2.45) is 5.73 Å². The number of likely N-dealkylation sites (tertiary alicyclic amines) is 1. The highest BCUT2D eigenvalue weighted by atomic mass is 32.2. The van der Waals surface area contributed by atoms with E-state index in [2.05, 4.69) is 16.0 Å². The highest BCUT2D eigenvalue weighted by Gasteiger charge is 2.38. The number of benzene rings is 3. The number of nitrogens with one attached hydrogen (secondary N) is 3. The number of rotatable bonds is 15. The van der Waals surface area contributed by atoms with Crippen molar-refractivity contribution in [1.29, 1.82) is 0 Å². The number of hydrogen-bond donors (Lipinski definition) is 6. The lowest BCUT2D eigenvalue weighted by molar-refractivity contribution is -0.145. The topological polar surface area (TPSA) is 208 Å². The Hall–Kier alpha value is -4.27. The number of hydrogen-bond acceptors (Lipinski definition) is 8. The number of primary amides is 1. The van der Waals surface area contributed by atoms with Crippen molar-refractivity contribution in [3.63, 3.8) is 0 Å². The van der Waals surface area contributed by atoms with Crippen molar-refractivity contribution >= 4 is 81.1 Å². The van der Waals surface area contributed by atoms with Crippen LogP contribution in [0.15, 0.2) is 72.1 Å². The molecule has 0 unspecified atom stereocenters. The minimum absolute atomic E-state index is 0.131. The molecule has 13 nitrogen and oxygen atoms in total. The third-order valence-electron chi connectivity index (χ3n) is 8.84. The first-order valence-electron chi connectivity index (χ1n) is 16.8. The molecule has 0 radical (unpaired) electrons. The van der Waals surface area contributed by atoms with Crippen LogP contribution in [0.4, 0.5) is 0 Å². The van der Waals surface area contributed by atoms with Crippen LogP contribution in [0.25, 0.3) is 20.9 Å². The van der Waals surface area contributed by atoms with E-state index in [0.29, 0.717) is 12.8 Å². The van der Waals surface area contributed by atoms with E-state index < -0.39 is 66.8 Å². The summed E-state index contributed by atoms with van der Waals surface area (Å²) in [5.74, 6) is -3.27. The van der Waals surface area contributed by atoms with Crippen molar-refractivity contribution in [3.8, 4) is 0 Å². The van der Waals surface area contributed by atoms with Gasteiger partial charge >= 0.3 is 7.60 Å². The number of thiophene rings is 1. The van der Waals surface area contributed by atoms with Gasteiger partial charge in [-0.2, -0.15) is 0 Å². The maximum absolute atomic E-state index is 14.2. The molecule has 52 heavy (non-hydrogen) atoms. The molecule has 1 saturated heterocycles. The van der Waals surface area contributed by atoms with Gasteiger partial charge in [0.1, 0.15) is 24.2 Å². The summed E-state index contributed by atoms with van der Waals surface area (Å²) in [4.78, 5) is 86.9. The number of fused-ring (bicyclic) bond motifs is 2. The molecule has 1 aromatic heterocycles. The van der Waals surface area contributed by atoms with Gasteiger partial charge in [0, 0.05) is 36.8 Å². The van der Waals surface area contributed by atoms with Gasteiger partial charge in [-0.1, -0.05) is 60.7 Å². The van der Waals surface area contributed by atoms with Crippen LogP contribution in [-0.2, 0) is 41.4 Å². The van der Waals surface area contributed by atoms with Crippen molar-refractivity contribution in [3.05, 3.63) is 83.2 Å². The third kappa shape index (κ3) is 10.4. The van der Waals surface area contributed by atoms with Crippen LogP contribution in [0.2, 0.25) is 0 Å². The minimum Gasteiger partial charge on any atom is -0.368 e. The van der Waals surface area contributed by atoms with E-state index in [4.69, 9.17) is 5.73 Å². The molecular weight excluding hydrogens is 726 g/mol. The van der Waals surface area contributed by atoms with Crippen LogP contribution in [0.1, 0.15) is 37.3 Å². The summed E-state index contributed by atoms with van der Waals surface area (Å²) >= 11 is 2.29. The summed E-state index contributed by atoms with van der Waals surface area (Å²) in [5.41, 5.74) is 6.74. The fourth-order valence-electron chi connectivity index (χ4n) is 6.36. The number of thioether (sulfide) groups is 1. The Bertz CT molecular complexity index is 2000. The molecule has 0 aliphatic carbocycles. The zero-order valence-corrected chi connectivity index (χ0v) is 31.1. The monoisotopic (exact) mass is 767 g/mol. The highest BCUT2D eigenvalue weighted by molar-refractivity contribution is 8.04. The largest absolute Gasteiger partial charge is 0.368 e. The number of nitrogens with zero attached hydrogens (tertiary/aromatic N) is 1. The summed E-state index contributed by atoms with van der Waals surface area (Å²) in [6.07, 6.45) is 1.74. The Balaban J connectivity index is 1.34. The smallest absolute Gasteiger partial charge is 0.335 e. The first kappa shape index (κ1) is 38.9. The molecule has 4 aromatic rings. The Morgan fingerprint density at radius 1 is 0.923 bits per heavy atom. The second kappa shape index (κ2) is 17.5. The van der Waals surface area contributed by atoms with E-state index in [-0.39, 0.29) is 31.6 Å². The molecule has 3 aromatic carbocycles. The molecule has 7 N–H and O–H groups in total. The maximum atomic E-state index is 14.2. The molecule has 0 bridgehead atoms. The Labute approximate surface area is 309 Å². The normalized spacial score (nSPS) is 16.5. The SMILES string of the molecule is CC(=O)N[C@@H](Cc1csc2ccccc12)C(=O)N[C@H](CSCP(=O)(O)O)C(=O)N1CCCC[C@@H]1C(=O)N[C@@H](Cc1ccc2ccccc2c1)C(N)=O. The van der Waals surface area contributed by atoms with Crippen LogP contribution in [-0.4, -0.2) is 86.2 Å². The van der Waals surface area contributed by atoms with Crippen LogP contribution < -0.4 is 21.7 Å². The lowest BCUT2D eigenvalue weighted by atomic mass is 9.98. The van der Waals surface area contributed by atoms with Crippen molar-refractivity contribution in [2.75, 3.05) is 17.8 Å². The molecule has 0 spiro atoms. The number of carbonyl (C=O) groups is 5. The average molecular weight is 768 g/mol. The van der Waals surface area contributed by atoms with E-state index in [1.54, 1.807) is 0 Å². The first-order valence-corrected chi connectivity index (χ1v) is 20.6. The van der Waals surface area contributed by atoms with Gasteiger partial charge in [0.25, 0.3) is 0 Å². The third-order valence-corrected chi connectivity index (χ3v) is 12.5. The lowest BCUT2D eigenvalue weighted by Gasteiger charge is -2.37. The molecule has 2 heterocycles. The Kier molecular flexibility index (Phi) is 13.1. The van der Waals surface area contributed by atoms with Crippen molar-refractivity contribution in [1.82, 2.24) is 20.9 Å². The predicted octanol–water partition coefficient (Wildman–Crippen LogP) is 3.05. The molecule has 1 aliphatic rings. The average Bonchev–Trinajstić information content (AvgIpc) is 3.52. The molecular formula is C36H42N5O8PS2. The standard InChI is InChI=1S/C36H42N5O8PS2/c1-22(42)38-29(18-26-19-52-32-12-5-4-10-27(26)32)34(44)40-30(20-51-21-50(47,48)49)36(46)41-15-7-6-11-31(41)35(45)39-28(33(37)43)17-23-13-14-24-8-2-3-9-25(24)16-23/h2-5,8-10,12-14,16,19,28-31H,6-7,11,15,17-18,20-21H2,1H3,(H2,37,43)(H,38,42)(H,39,45)(H,40,44)(H2,47,48,49)/t28-,29-,30+,31+/m0/s1. The first-order chi connectivity index (χ1) is 24.8. The fraction of sp³-hybridized carbons (Fsp3) is 0.361. The fourth-order valence-corrected chi connectivity index (χ4v) is 9.17. The minimum atomic E-state index is -4.45. The summed E-state index contributed by atoms with van der Waals surface area (Å²) in [6.45, 7) is 1.45. The van der Waals surface area contributed by atoms with E-state index in [1.807, 2.05) is 72.1 Å². The van der Waals surface area contributed by atoms with Crippen LogP contribution in [0, 0.1) is 0 Å². The number of carbonyl (C=O) groups excluding carboxylic acids is 5. The van der Waals surface area contributed by atoms with Crippen LogP contribution in [0.5, 0.6) is 0 Å². The molecule has 5 rings (SSSR count). The second-order valence-electron chi connectivity index (χ2n) is 12.8. The van der Waals surface area contributed by atoms with Crippen LogP contribution in [0.3, 0.4) is 0 Å². The van der Waals surface area contributed by atoms with Crippen LogP contribution >= 0.6 is 30.7 Å². The Morgan fingerprint density at radius 3 is 2.38 bits per heavy atom. The molecule has 16 heteroatoms. The molecule has 5 amide bonds. The van der Waals surface area contributed by atoms with Gasteiger partial charge in [0.15, 0.2) is 0 Å². The number of nitrogens with two attached hydrogens (primary N) is 1. The summed E-state index contributed by atoms with van der Waals surface area (Å²) in [7, 11) is -4.45.